The molecule has 2 aromatic heterocycles. The number of aromatic nitrogens is 2. The van der Waals surface area contributed by atoms with E-state index in [9.17, 15) is 0 Å². The molecule has 27 heavy (non-hydrogen) atoms. The number of thiophene rings is 1. The highest BCUT2D eigenvalue weighted by Gasteiger charge is 2.30. The minimum atomic E-state index is -0.102. The molecule has 0 unspecified atom stereocenters. The second-order valence-electron chi connectivity index (χ2n) is 7.73. The molecule has 2 aliphatic rings. The topological polar surface area (TPSA) is 60.7 Å². The third kappa shape index (κ3) is 4.40. The lowest BCUT2D eigenvalue weighted by atomic mass is 9.98. The first-order valence-corrected chi connectivity index (χ1v) is 11.6. The van der Waals surface area contributed by atoms with Gasteiger partial charge in [-0.2, -0.15) is 0 Å². The number of quaternary nitrogens is 1. The molecule has 2 aromatic rings. The Bertz CT molecular complexity index is 803. The molecule has 0 bridgehead atoms. The molecule has 8 heteroatoms. The predicted molar refractivity (Wildman–Crippen MR) is 111 cm³/mol. The molecule has 0 aromatic carbocycles. The number of ether oxygens (including phenoxy) is 2. The molecule has 0 aliphatic carbocycles. The first-order valence-electron chi connectivity index (χ1n) is 9.80. The van der Waals surface area contributed by atoms with Crippen LogP contribution in [0.3, 0.4) is 0 Å². The molecule has 0 amide bonds. The zero-order valence-corrected chi connectivity index (χ0v) is 18.0. The van der Waals surface area contributed by atoms with Crippen LogP contribution >= 0.6 is 23.1 Å². The molecule has 148 valence electrons. The highest BCUT2D eigenvalue weighted by molar-refractivity contribution is 7.99. The van der Waals surface area contributed by atoms with E-state index in [0.29, 0.717) is 6.61 Å². The minimum absolute atomic E-state index is 0.102. The summed E-state index contributed by atoms with van der Waals surface area (Å²) in [4.78, 5) is 12.7. The number of nitrogens with zero attached hydrogens (tertiary/aromatic N) is 2. The Labute approximate surface area is 169 Å². The molecule has 1 fully saturated rings. The Morgan fingerprint density at radius 1 is 1.26 bits per heavy atom. The van der Waals surface area contributed by atoms with Crippen LogP contribution in [-0.4, -0.2) is 60.7 Å². The molecule has 2 aliphatic heterocycles. The predicted octanol–water partition coefficient (Wildman–Crippen LogP) is 1.98. The van der Waals surface area contributed by atoms with Gasteiger partial charge in [0.05, 0.1) is 48.7 Å². The SMILES string of the molecule is CCSc1nc(NCC[NH+]2CCOCC2)c2sc3c(c2n1)COC(C)(C)C3. The third-order valence-electron chi connectivity index (χ3n) is 5.13. The average Bonchev–Trinajstić information content (AvgIpc) is 2.99. The molecule has 0 spiro atoms. The van der Waals surface area contributed by atoms with Gasteiger partial charge in [0.1, 0.15) is 18.9 Å². The van der Waals surface area contributed by atoms with Crippen molar-refractivity contribution in [2.24, 2.45) is 0 Å². The Morgan fingerprint density at radius 2 is 2.07 bits per heavy atom. The van der Waals surface area contributed by atoms with E-state index in [0.717, 1.165) is 68.1 Å². The summed E-state index contributed by atoms with van der Waals surface area (Å²) in [5, 5.41) is 4.47. The number of morpholine rings is 1. The van der Waals surface area contributed by atoms with Crippen molar-refractivity contribution in [3.05, 3.63) is 10.4 Å². The van der Waals surface area contributed by atoms with Crippen molar-refractivity contribution in [3.63, 3.8) is 0 Å². The van der Waals surface area contributed by atoms with E-state index >= 15 is 0 Å². The molecule has 0 saturated carbocycles. The van der Waals surface area contributed by atoms with Gasteiger partial charge in [0.15, 0.2) is 5.16 Å². The maximum Gasteiger partial charge on any atom is 0.190 e. The number of hydrogen-bond donors (Lipinski definition) is 2. The lowest BCUT2D eigenvalue weighted by Gasteiger charge is -2.29. The monoisotopic (exact) mass is 409 g/mol. The Kier molecular flexibility index (Phi) is 5.89. The molecule has 0 radical (unpaired) electrons. The van der Waals surface area contributed by atoms with Crippen molar-refractivity contribution < 1.29 is 14.4 Å². The lowest BCUT2D eigenvalue weighted by molar-refractivity contribution is -0.906. The van der Waals surface area contributed by atoms with Crippen molar-refractivity contribution in [2.45, 2.75) is 44.6 Å². The van der Waals surface area contributed by atoms with Crippen molar-refractivity contribution in [3.8, 4) is 0 Å². The van der Waals surface area contributed by atoms with E-state index < -0.39 is 0 Å². The lowest BCUT2D eigenvalue weighted by Crippen LogP contribution is -3.14. The molecule has 1 saturated heterocycles. The van der Waals surface area contributed by atoms with Crippen molar-refractivity contribution in [1.82, 2.24) is 9.97 Å². The van der Waals surface area contributed by atoms with E-state index in [1.165, 1.54) is 15.1 Å². The fourth-order valence-corrected chi connectivity index (χ4v) is 5.62. The summed E-state index contributed by atoms with van der Waals surface area (Å²) in [5.41, 5.74) is 2.24. The fourth-order valence-electron chi connectivity index (χ4n) is 3.63. The van der Waals surface area contributed by atoms with Crippen molar-refractivity contribution in [1.29, 1.82) is 0 Å². The van der Waals surface area contributed by atoms with E-state index in [4.69, 9.17) is 19.4 Å². The first-order chi connectivity index (χ1) is 13.1. The molecular weight excluding hydrogens is 380 g/mol. The summed E-state index contributed by atoms with van der Waals surface area (Å²) < 4.78 is 12.7. The maximum atomic E-state index is 6.06. The van der Waals surface area contributed by atoms with E-state index in [1.54, 1.807) is 16.7 Å². The standard InChI is InChI=1S/C19H28N4O2S2/c1-4-26-18-21-15-13-12-25-19(2,3)11-14(13)27-16(15)17(22-18)20-5-6-23-7-9-24-10-8-23/h4-12H2,1-3H3,(H,20,21,22)/p+1. The van der Waals surface area contributed by atoms with Crippen LogP contribution < -0.4 is 10.2 Å². The number of nitrogens with one attached hydrogen (secondary N) is 2. The van der Waals surface area contributed by atoms with Crippen LogP contribution in [0.4, 0.5) is 5.82 Å². The number of fused-ring (bicyclic) bond motifs is 3. The van der Waals surface area contributed by atoms with Crippen molar-refractivity contribution >= 4 is 39.1 Å². The second kappa shape index (κ2) is 8.21. The number of anilines is 1. The van der Waals surface area contributed by atoms with Crippen LogP contribution in [0, 0.1) is 0 Å². The van der Waals surface area contributed by atoms with Gasteiger partial charge in [-0.1, -0.05) is 18.7 Å². The summed E-state index contributed by atoms with van der Waals surface area (Å²) in [6.45, 7) is 13.1. The summed E-state index contributed by atoms with van der Waals surface area (Å²) in [6, 6.07) is 0. The normalized spacial score (nSPS) is 20.0. The molecule has 2 N–H and O–H groups in total. The Hall–Kier alpha value is -0.930. The van der Waals surface area contributed by atoms with Crippen LogP contribution in [0.2, 0.25) is 0 Å². The van der Waals surface area contributed by atoms with Gasteiger partial charge >= 0.3 is 0 Å². The maximum absolute atomic E-state index is 6.06. The average molecular weight is 410 g/mol. The van der Waals surface area contributed by atoms with Gasteiger partial charge in [0.25, 0.3) is 0 Å². The molecule has 6 nitrogen and oxygen atoms in total. The second-order valence-corrected chi connectivity index (χ2v) is 10.1. The molecule has 4 heterocycles. The zero-order chi connectivity index (χ0) is 18.9. The molecular formula is C19H29N4O2S2+. The van der Waals surface area contributed by atoms with E-state index in [-0.39, 0.29) is 5.60 Å². The van der Waals surface area contributed by atoms with Crippen LogP contribution in [0.15, 0.2) is 5.16 Å². The first kappa shape index (κ1) is 19.4. The van der Waals surface area contributed by atoms with Gasteiger partial charge < -0.3 is 19.7 Å². The van der Waals surface area contributed by atoms with Crippen molar-refractivity contribution in [2.75, 3.05) is 50.5 Å². The highest BCUT2D eigenvalue weighted by Crippen LogP contribution is 2.41. The van der Waals surface area contributed by atoms with Crippen LogP contribution in [0.25, 0.3) is 10.2 Å². The van der Waals surface area contributed by atoms with E-state index in [1.807, 2.05) is 11.3 Å². The minimum Gasteiger partial charge on any atom is -0.370 e. The van der Waals surface area contributed by atoms with Gasteiger partial charge in [0.2, 0.25) is 0 Å². The molecule has 0 atom stereocenters. The third-order valence-corrected chi connectivity index (χ3v) is 7.09. The quantitative estimate of drug-likeness (QED) is 0.562. The Balaban J connectivity index is 1.59. The van der Waals surface area contributed by atoms with E-state index in [2.05, 4.69) is 26.1 Å². The van der Waals surface area contributed by atoms with Gasteiger partial charge in [-0.3, -0.25) is 0 Å². The highest BCUT2D eigenvalue weighted by atomic mass is 32.2. The van der Waals surface area contributed by atoms with Gasteiger partial charge in [0, 0.05) is 16.9 Å². The number of hydrogen-bond acceptors (Lipinski definition) is 7. The summed E-state index contributed by atoms with van der Waals surface area (Å²) in [7, 11) is 0. The number of thioether (sulfide) groups is 1. The summed E-state index contributed by atoms with van der Waals surface area (Å²) >= 11 is 3.54. The summed E-state index contributed by atoms with van der Waals surface area (Å²) in [5.74, 6) is 1.96. The summed E-state index contributed by atoms with van der Waals surface area (Å²) in [6.07, 6.45) is 0.941. The smallest absolute Gasteiger partial charge is 0.190 e. The zero-order valence-electron chi connectivity index (χ0n) is 16.4. The van der Waals surface area contributed by atoms with Gasteiger partial charge in [-0.25, -0.2) is 9.97 Å². The van der Waals surface area contributed by atoms with Gasteiger partial charge in [-0.15, -0.1) is 11.3 Å². The Morgan fingerprint density at radius 3 is 2.85 bits per heavy atom. The van der Waals surface area contributed by atoms with Crippen LogP contribution in [0.5, 0.6) is 0 Å². The molecule has 4 rings (SSSR count). The fraction of sp³-hybridized carbons (Fsp3) is 0.684. The largest absolute Gasteiger partial charge is 0.370 e. The van der Waals surface area contributed by atoms with Crippen LogP contribution in [0.1, 0.15) is 31.2 Å². The van der Waals surface area contributed by atoms with Gasteiger partial charge in [-0.05, 0) is 19.6 Å². The van der Waals surface area contributed by atoms with Crippen LogP contribution in [-0.2, 0) is 22.5 Å². The number of rotatable bonds is 6.